The van der Waals surface area contributed by atoms with Gasteiger partial charge < -0.3 is 15.1 Å². The first-order chi connectivity index (χ1) is 9.63. The number of nitrogens with zero attached hydrogens (tertiary/aromatic N) is 2. The largest absolute Gasteiger partial charge is 0.504 e. The molecule has 0 fully saturated rings. The fourth-order valence-corrected chi connectivity index (χ4v) is 1.91. The lowest BCUT2D eigenvalue weighted by molar-refractivity contribution is 0.0749. The number of benzene rings is 1. The molecule has 20 heavy (non-hydrogen) atoms. The zero-order valence-electron chi connectivity index (χ0n) is 11.2. The molecule has 0 aliphatic rings. The van der Waals surface area contributed by atoms with Crippen LogP contribution in [0.15, 0.2) is 42.7 Å². The molecule has 2 aromatic rings. The average Bonchev–Trinajstić information content (AvgIpc) is 2.48. The Morgan fingerprint density at radius 1 is 1.20 bits per heavy atom. The van der Waals surface area contributed by atoms with Crippen molar-refractivity contribution >= 4 is 5.91 Å². The van der Waals surface area contributed by atoms with Gasteiger partial charge in [-0.25, -0.2) is 0 Å². The molecule has 0 aliphatic carbocycles. The highest BCUT2D eigenvalue weighted by molar-refractivity contribution is 5.97. The molecule has 1 aromatic heterocycles. The van der Waals surface area contributed by atoms with Gasteiger partial charge in [-0.15, -0.1) is 0 Å². The SMILES string of the molecule is CCN(Cc1ccncc1)C(=O)c1cccc(O)c1O. The molecular formula is C15H16N2O3. The van der Waals surface area contributed by atoms with Crippen molar-refractivity contribution < 1.29 is 15.0 Å². The number of carbonyl (C=O) groups is 1. The van der Waals surface area contributed by atoms with Gasteiger partial charge in [0.2, 0.25) is 0 Å². The van der Waals surface area contributed by atoms with Gasteiger partial charge in [-0.05, 0) is 36.8 Å². The lowest BCUT2D eigenvalue weighted by Gasteiger charge is -2.21. The summed E-state index contributed by atoms with van der Waals surface area (Å²) in [5.74, 6) is -1.00. The Balaban J connectivity index is 2.23. The van der Waals surface area contributed by atoms with Crippen LogP contribution in [0.2, 0.25) is 0 Å². The maximum absolute atomic E-state index is 12.4. The van der Waals surface area contributed by atoms with Gasteiger partial charge in [-0.1, -0.05) is 6.07 Å². The third-order valence-electron chi connectivity index (χ3n) is 3.04. The summed E-state index contributed by atoms with van der Waals surface area (Å²) < 4.78 is 0. The highest BCUT2D eigenvalue weighted by Crippen LogP contribution is 2.29. The molecule has 1 aromatic carbocycles. The third-order valence-corrected chi connectivity index (χ3v) is 3.04. The number of hydrogen-bond donors (Lipinski definition) is 2. The van der Waals surface area contributed by atoms with Crippen LogP contribution in [0.25, 0.3) is 0 Å². The highest BCUT2D eigenvalue weighted by Gasteiger charge is 2.19. The molecule has 0 bridgehead atoms. The number of hydrogen-bond acceptors (Lipinski definition) is 4. The molecular weight excluding hydrogens is 256 g/mol. The molecule has 104 valence electrons. The predicted octanol–water partition coefficient (Wildman–Crippen LogP) is 2.16. The van der Waals surface area contributed by atoms with Crippen molar-refractivity contribution in [2.75, 3.05) is 6.54 Å². The number of phenolic OH excluding ortho intramolecular Hbond substituents is 2. The lowest BCUT2D eigenvalue weighted by atomic mass is 10.1. The number of rotatable bonds is 4. The lowest BCUT2D eigenvalue weighted by Crippen LogP contribution is -2.30. The Kier molecular flexibility index (Phi) is 4.20. The first-order valence-corrected chi connectivity index (χ1v) is 6.32. The Labute approximate surface area is 117 Å². The Hall–Kier alpha value is -2.56. The van der Waals surface area contributed by atoms with Crippen LogP contribution in [-0.2, 0) is 6.54 Å². The second kappa shape index (κ2) is 6.06. The summed E-state index contributed by atoms with van der Waals surface area (Å²) in [5, 5.41) is 19.2. The van der Waals surface area contributed by atoms with Crippen LogP contribution in [0, 0.1) is 0 Å². The average molecular weight is 272 g/mol. The van der Waals surface area contributed by atoms with E-state index in [1.54, 1.807) is 17.3 Å². The van der Waals surface area contributed by atoms with E-state index >= 15 is 0 Å². The van der Waals surface area contributed by atoms with Crippen molar-refractivity contribution in [2.24, 2.45) is 0 Å². The molecule has 5 heteroatoms. The summed E-state index contributed by atoms with van der Waals surface area (Å²) >= 11 is 0. The maximum Gasteiger partial charge on any atom is 0.258 e. The van der Waals surface area contributed by atoms with Crippen LogP contribution in [0.1, 0.15) is 22.8 Å². The molecule has 2 rings (SSSR count). The first-order valence-electron chi connectivity index (χ1n) is 6.32. The van der Waals surface area contributed by atoms with Gasteiger partial charge >= 0.3 is 0 Å². The third kappa shape index (κ3) is 2.88. The number of pyridine rings is 1. The smallest absolute Gasteiger partial charge is 0.258 e. The van der Waals surface area contributed by atoms with Gasteiger partial charge in [-0.2, -0.15) is 0 Å². The molecule has 0 saturated carbocycles. The first kappa shape index (κ1) is 13.9. The molecule has 5 nitrogen and oxygen atoms in total. The summed E-state index contributed by atoms with van der Waals surface area (Å²) in [6.07, 6.45) is 3.33. The number of aromatic hydroxyl groups is 2. The fraction of sp³-hybridized carbons (Fsp3) is 0.200. The number of phenols is 2. The molecule has 0 aliphatic heterocycles. The minimum atomic E-state index is -0.384. The molecule has 0 atom stereocenters. The van der Waals surface area contributed by atoms with Gasteiger partial charge in [0.05, 0.1) is 5.56 Å². The molecule has 1 heterocycles. The summed E-state index contributed by atoms with van der Waals surface area (Å²) in [7, 11) is 0. The van der Waals surface area contributed by atoms with Crippen molar-refractivity contribution in [1.29, 1.82) is 0 Å². The van der Waals surface area contributed by atoms with Crippen molar-refractivity contribution in [2.45, 2.75) is 13.5 Å². The molecule has 2 N–H and O–H groups in total. The molecule has 0 unspecified atom stereocenters. The number of carbonyl (C=O) groups excluding carboxylic acids is 1. The van der Waals surface area contributed by atoms with Gasteiger partial charge in [0.1, 0.15) is 0 Å². The Morgan fingerprint density at radius 2 is 1.90 bits per heavy atom. The van der Waals surface area contributed by atoms with Crippen LogP contribution in [0.3, 0.4) is 0 Å². The monoisotopic (exact) mass is 272 g/mol. The zero-order valence-corrected chi connectivity index (χ0v) is 11.2. The van der Waals surface area contributed by atoms with E-state index in [1.807, 2.05) is 19.1 Å². The summed E-state index contributed by atoms with van der Waals surface area (Å²) in [5.41, 5.74) is 1.05. The predicted molar refractivity (Wildman–Crippen MR) is 74.4 cm³/mol. The van der Waals surface area contributed by atoms with E-state index in [1.165, 1.54) is 18.2 Å². The van der Waals surface area contributed by atoms with Crippen molar-refractivity contribution in [3.8, 4) is 11.5 Å². The van der Waals surface area contributed by atoms with Crippen LogP contribution in [0.4, 0.5) is 0 Å². The highest BCUT2D eigenvalue weighted by atomic mass is 16.3. The van der Waals surface area contributed by atoms with Crippen LogP contribution < -0.4 is 0 Å². The molecule has 0 radical (unpaired) electrons. The molecule has 0 spiro atoms. The summed E-state index contributed by atoms with van der Waals surface area (Å²) in [4.78, 5) is 17.9. The van der Waals surface area contributed by atoms with Crippen LogP contribution in [-0.4, -0.2) is 32.5 Å². The van der Waals surface area contributed by atoms with E-state index in [0.29, 0.717) is 13.1 Å². The van der Waals surface area contributed by atoms with Crippen molar-refractivity contribution in [3.05, 3.63) is 53.9 Å². The van der Waals surface area contributed by atoms with E-state index in [9.17, 15) is 15.0 Å². The standard InChI is InChI=1S/C15H16N2O3/c1-2-17(10-11-6-8-16-9-7-11)15(20)12-4-3-5-13(18)14(12)19/h3-9,18-19H,2,10H2,1H3. The van der Waals surface area contributed by atoms with E-state index in [0.717, 1.165) is 5.56 Å². The number of amides is 1. The normalized spacial score (nSPS) is 10.2. The van der Waals surface area contributed by atoms with Gasteiger partial charge in [0.15, 0.2) is 11.5 Å². The van der Waals surface area contributed by atoms with Crippen LogP contribution >= 0.6 is 0 Å². The molecule has 0 saturated heterocycles. The van der Waals surface area contributed by atoms with Gasteiger partial charge in [-0.3, -0.25) is 9.78 Å². The van der Waals surface area contributed by atoms with Gasteiger partial charge in [0, 0.05) is 25.5 Å². The number of para-hydroxylation sites is 1. The number of aromatic nitrogens is 1. The van der Waals surface area contributed by atoms with Crippen molar-refractivity contribution in [3.63, 3.8) is 0 Å². The van der Waals surface area contributed by atoms with E-state index < -0.39 is 0 Å². The van der Waals surface area contributed by atoms with E-state index in [2.05, 4.69) is 4.98 Å². The quantitative estimate of drug-likeness (QED) is 0.836. The fourth-order valence-electron chi connectivity index (χ4n) is 1.91. The summed E-state index contributed by atoms with van der Waals surface area (Å²) in [6, 6.07) is 8.02. The van der Waals surface area contributed by atoms with Crippen LogP contribution in [0.5, 0.6) is 11.5 Å². The maximum atomic E-state index is 12.4. The van der Waals surface area contributed by atoms with E-state index in [-0.39, 0.29) is 23.0 Å². The topological polar surface area (TPSA) is 73.7 Å². The minimum absolute atomic E-state index is 0.0981. The zero-order chi connectivity index (χ0) is 14.5. The second-order valence-electron chi connectivity index (χ2n) is 4.35. The summed E-state index contributed by atoms with van der Waals surface area (Å²) in [6.45, 7) is 2.78. The molecule has 1 amide bonds. The van der Waals surface area contributed by atoms with Gasteiger partial charge in [0.25, 0.3) is 5.91 Å². The van der Waals surface area contributed by atoms with Crippen molar-refractivity contribution in [1.82, 2.24) is 9.88 Å². The Bertz CT molecular complexity index is 599. The minimum Gasteiger partial charge on any atom is -0.504 e. The second-order valence-corrected chi connectivity index (χ2v) is 4.35. The Morgan fingerprint density at radius 3 is 2.55 bits per heavy atom. The van der Waals surface area contributed by atoms with E-state index in [4.69, 9.17) is 0 Å².